The fraction of sp³-hybridized carbons (Fsp3) is 0.409. The molecule has 0 spiro atoms. The number of benzene rings is 2. The molecule has 2 nitrogen and oxygen atoms in total. The van der Waals surface area contributed by atoms with Gasteiger partial charge in [-0.1, -0.05) is 42.0 Å². The van der Waals surface area contributed by atoms with Crippen LogP contribution in [0.15, 0.2) is 48.5 Å². The molecule has 2 aromatic rings. The minimum atomic E-state index is -0.380. The summed E-state index contributed by atoms with van der Waals surface area (Å²) in [6, 6.07) is 16.3. The Labute approximate surface area is 148 Å². The van der Waals surface area contributed by atoms with E-state index < -0.39 is 0 Å². The number of carbonyl (C=O) groups excluding carboxylic acids is 1. The van der Waals surface area contributed by atoms with Gasteiger partial charge in [-0.25, -0.2) is 4.39 Å². The highest BCUT2D eigenvalue weighted by molar-refractivity contribution is 5.98. The molecule has 3 heteroatoms. The Morgan fingerprint density at radius 2 is 1.76 bits per heavy atom. The fourth-order valence-corrected chi connectivity index (χ4v) is 4.59. The number of rotatable bonds is 4. The van der Waals surface area contributed by atoms with Gasteiger partial charge in [0.1, 0.15) is 5.82 Å². The van der Waals surface area contributed by atoms with Gasteiger partial charge in [-0.2, -0.15) is 0 Å². The van der Waals surface area contributed by atoms with E-state index in [1.165, 1.54) is 11.6 Å². The highest BCUT2D eigenvalue weighted by Crippen LogP contribution is 2.40. The summed E-state index contributed by atoms with van der Waals surface area (Å²) in [4.78, 5) is 15.5. The Bertz CT molecular complexity index is 759. The molecular formula is C22H24FNO. The Morgan fingerprint density at radius 1 is 1.08 bits per heavy atom. The Hall–Kier alpha value is -2.00. The molecule has 2 aliphatic rings. The first-order valence-electron chi connectivity index (χ1n) is 9.22. The van der Waals surface area contributed by atoms with E-state index in [1.807, 2.05) is 13.0 Å². The second-order valence-electron chi connectivity index (χ2n) is 7.56. The monoisotopic (exact) mass is 337 g/mol. The van der Waals surface area contributed by atoms with Crippen LogP contribution >= 0.6 is 0 Å². The third-order valence-corrected chi connectivity index (χ3v) is 5.85. The van der Waals surface area contributed by atoms with Crippen molar-refractivity contribution in [1.29, 1.82) is 0 Å². The molecule has 2 aliphatic heterocycles. The number of Topliss-reactive ketones (excluding diaryl/α,β-unsaturated/α-hetero) is 1. The third-order valence-electron chi connectivity index (χ3n) is 5.85. The fourth-order valence-electron chi connectivity index (χ4n) is 4.59. The van der Waals surface area contributed by atoms with Crippen LogP contribution in [0.5, 0.6) is 0 Å². The van der Waals surface area contributed by atoms with Crippen LogP contribution in [0, 0.1) is 18.7 Å². The summed E-state index contributed by atoms with van der Waals surface area (Å²) in [6.07, 6.45) is 4.01. The summed E-state index contributed by atoms with van der Waals surface area (Å²) in [5.41, 5.74) is 2.55. The maximum atomic E-state index is 14.1. The van der Waals surface area contributed by atoms with Gasteiger partial charge in [-0.05, 0) is 50.3 Å². The zero-order valence-corrected chi connectivity index (χ0v) is 14.6. The molecule has 2 aromatic carbocycles. The van der Waals surface area contributed by atoms with Crippen molar-refractivity contribution < 1.29 is 9.18 Å². The molecule has 0 radical (unpaired) electrons. The zero-order valence-electron chi connectivity index (χ0n) is 14.6. The van der Waals surface area contributed by atoms with Crippen LogP contribution in [-0.2, 0) is 6.54 Å². The summed E-state index contributed by atoms with van der Waals surface area (Å²) in [7, 11) is 0. The molecule has 0 aliphatic carbocycles. The summed E-state index contributed by atoms with van der Waals surface area (Å²) >= 11 is 0. The molecule has 130 valence electrons. The number of aryl methyl sites for hydroxylation is 1. The largest absolute Gasteiger partial charge is 0.294 e. The SMILES string of the molecule is Cc1ccc(F)c(C(=O)C2CC3CCC(C2)N3Cc2ccccc2)c1. The second-order valence-corrected chi connectivity index (χ2v) is 7.56. The quantitative estimate of drug-likeness (QED) is 0.750. The summed E-state index contributed by atoms with van der Waals surface area (Å²) in [5, 5.41) is 0. The van der Waals surface area contributed by atoms with Gasteiger partial charge in [0, 0.05) is 24.5 Å². The molecule has 2 heterocycles. The minimum Gasteiger partial charge on any atom is -0.294 e. The predicted molar refractivity (Wildman–Crippen MR) is 97.0 cm³/mol. The van der Waals surface area contributed by atoms with Crippen LogP contribution in [0.25, 0.3) is 0 Å². The van der Waals surface area contributed by atoms with Crippen LogP contribution in [0.2, 0.25) is 0 Å². The standard InChI is InChI=1S/C22H24FNO/c1-15-7-10-21(23)20(11-15)22(25)17-12-18-8-9-19(13-17)24(18)14-16-5-3-2-4-6-16/h2-7,10-11,17-19H,8-9,12-14H2,1H3. The van der Waals surface area contributed by atoms with Crippen molar-refractivity contribution in [2.24, 2.45) is 5.92 Å². The molecule has 0 aromatic heterocycles. The van der Waals surface area contributed by atoms with E-state index >= 15 is 0 Å². The lowest BCUT2D eigenvalue weighted by molar-refractivity contribution is 0.0674. The molecule has 2 bridgehead atoms. The molecule has 2 atom stereocenters. The number of carbonyl (C=O) groups is 1. The smallest absolute Gasteiger partial charge is 0.169 e. The maximum absolute atomic E-state index is 14.1. The van der Waals surface area contributed by atoms with Crippen molar-refractivity contribution in [3.63, 3.8) is 0 Å². The van der Waals surface area contributed by atoms with Crippen LogP contribution in [-0.4, -0.2) is 22.8 Å². The van der Waals surface area contributed by atoms with Crippen molar-refractivity contribution in [1.82, 2.24) is 4.90 Å². The lowest BCUT2D eigenvalue weighted by Gasteiger charge is -2.38. The maximum Gasteiger partial charge on any atom is 0.169 e. The molecule has 0 amide bonds. The topological polar surface area (TPSA) is 20.3 Å². The van der Waals surface area contributed by atoms with E-state index in [0.717, 1.165) is 37.8 Å². The van der Waals surface area contributed by atoms with Crippen LogP contribution < -0.4 is 0 Å². The average Bonchev–Trinajstić information content (AvgIpc) is 2.85. The predicted octanol–water partition coefficient (Wildman–Crippen LogP) is 4.76. The number of ketones is 1. The lowest BCUT2D eigenvalue weighted by Crippen LogP contribution is -2.44. The van der Waals surface area contributed by atoms with Crippen LogP contribution in [0.1, 0.15) is 47.2 Å². The minimum absolute atomic E-state index is 0.00235. The van der Waals surface area contributed by atoms with E-state index in [0.29, 0.717) is 12.1 Å². The first-order chi connectivity index (χ1) is 12.1. The van der Waals surface area contributed by atoms with Gasteiger partial charge < -0.3 is 0 Å². The highest BCUT2D eigenvalue weighted by atomic mass is 19.1. The normalized spacial score (nSPS) is 25.9. The van der Waals surface area contributed by atoms with E-state index in [-0.39, 0.29) is 23.1 Å². The van der Waals surface area contributed by atoms with Gasteiger partial charge in [0.05, 0.1) is 5.56 Å². The first-order valence-corrected chi connectivity index (χ1v) is 9.22. The molecular weight excluding hydrogens is 313 g/mol. The van der Waals surface area contributed by atoms with Crippen molar-refractivity contribution in [2.75, 3.05) is 0 Å². The van der Waals surface area contributed by atoms with Gasteiger partial charge in [0.2, 0.25) is 0 Å². The van der Waals surface area contributed by atoms with Crippen LogP contribution in [0.3, 0.4) is 0 Å². The van der Waals surface area contributed by atoms with Crippen molar-refractivity contribution in [3.8, 4) is 0 Å². The van der Waals surface area contributed by atoms with E-state index in [9.17, 15) is 9.18 Å². The molecule has 4 rings (SSSR count). The van der Waals surface area contributed by atoms with Crippen LogP contribution in [0.4, 0.5) is 4.39 Å². The highest BCUT2D eigenvalue weighted by Gasteiger charge is 2.43. The summed E-state index contributed by atoms with van der Waals surface area (Å²) in [5.74, 6) is -0.423. The van der Waals surface area contributed by atoms with Crippen molar-refractivity contribution in [2.45, 2.75) is 51.2 Å². The van der Waals surface area contributed by atoms with Gasteiger partial charge in [-0.15, -0.1) is 0 Å². The number of nitrogens with zero attached hydrogens (tertiary/aromatic N) is 1. The molecule has 2 unspecified atom stereocenters. The zero-order chi connectivity index (χ0) is 17.4. The van der Waals surface area contributed by atoms with Gasteiger partial charge in [0.25, 0.3) is 0 Å². The Morgan fingerprint density at radius 3 is 2.44 bits per heavy atom. The molecule has 2 fully saturated rings. The van der Waals surface area contributed by atoms with Gasteiger partial charge in [-0.3, -0.25) is 9.69 Å². The Kier molecular flexibility index (Phi) is 4.43. The number of halogens is 1. The van der Waals surface area contributed by atoms with E-state index in [2.05, 4.69) is 29.2 Å². The van der Waals surface area contributed by atoms with Crippen molar-refractivity contribution >= 4 is 5.78 Å². The average molecular weight is 337 g/mol. The molecule has 0 N–H and O–H groups in total. The summed E-state index contributed by atoms with van der Waals surface area (Å²) < 4.78 is 14.1. The van der Waals surface area contributed by atoms with E-state index in [4.69, 9.17) is 0 Å². The molecule has 2 saturated heterocycles. The summed E-state index contributed by atoms with van der Waals surface area (Å²) in [6.45, 7) is 2.86. The number of piperidine rings is 1. The molecule has 25 heavy (non-hydrogen) atoms. The number of hydrogen-bond acceptors (Lipinski definition) is 2. The number of hydrogen-bond donors (Lipinski definition) is 0. The number of fused-ring (bicyclic) bond motifs is 2. The lowest BCUT2D eigenvalue weighted by atomic mass is 9.84. The van der Waals surface area contributed by atoms with Gasteiger partial charge in [0.15, 0.2) is 5.78 Å². The van der Waals surface area contributed by atoms with E-state index in [1.54, 1.807) is 12.1 Å². The second kappa shape index (κ2) is 6.72. The van der Waals surface area contributed by atoms with Crippen molar-refractivity contribution in [3.05, 3.63) is 71.0 Å². The Balaban J connectivity index is 1.49. The first kappa shape index (κ1) is 16.5. The third kappa shape index (κ3) is 3.25. The van der Waals surface area contributed by atoms with Gasteiger partial charge >= 0.3 is 0 Å². The molecule has 0 saturated carbocycles.